The average molecular weight is 791 g/mol. The molecule has 2 heterocycles. The van der Waals surface area contributed by atoms with Gasteiger partial charge < -0.3 is 43.4 Å². The van der Waals surface area contributed by atoms with E-state index in [0.29, 0.717) is 6.07 Å². The summed E-state index contributed by atoms with van der Waals surface area (Å²) in [6.45, 7) is 5.88. The van der Waals surface area contributed by atoms with Crippen LogP contribution in [0.5, 0.6) is 5.75 Å². The molecule has 0 fully saturated rings. The minimum Gasteiger partial charge on any atom is -0.503 e. The van der Waals surface area contributed by atoms with Gasteiger partial charge in [-0.3, -0.25) is 28.0 Å². The van der Waals surface area contributed by atoms with Gasteiger partial charge in [0.1, 0.15) is 22.9 Å². The molecule has 1 aliphatic heterocycles. The number of halogens is 2. The minimum atomic E-state index is -4.03. The van der Waals surface area contributed by atoms with Crippen LogP contribution in [0.2, 0.25) is 0 Å². The van der Waals surface area contributed by atoms with Crippen LogP contribution in [0.15, 0.2) is 29.2 Å². The van der Waals surface area contributed by atoms with Crippen molar-refractivity contribution in [1.29, 1.82) is 0 Å². The Bertz CT molecular complexity index is 1740. The number of fused-ring (bicyclic) bond motifs is 1. The molecule has 0 aliphatic carbocycles. The van der Waals surface area contributed by atoms with Crippen LogP contribution in [-0.2, 0) is 55.1 Å². The van der Waals surface area contributed by atoms with Gasteiger partial charge in [-0.25, -0.2) is 18.4 Å². The van der Waals surface area contributed by atoms with E-state index in [9.17, 15) is 42.4 Å². The van der Waals surface area contributed by atoms with Gasteiger partial charge in [0.25, 0.3) is 5.91 Å². The number of ether oxygens (including phenoxy) is 6. The van der Waals surface area contributed by atoms with Crippen LogP contribution in [0.3, 0.4) is 0 Å². The number of hydrogen-bond acceptors (Lipinski definition) is 15. The summed E-state index contributed by atoms with van der Waals surface area (Å²) in [7, 11) is -2.67. The van der Waals surface area contributed by atoms with Gasteiger partial charge in [-0.15, -0.1) is 0 Å². The molecule has 0 saturated heterocycles. The molecular weight excluding hydrogens is 745 g/mol. The van der Waals surface area contributed by atoms with Crippen LogP contribution in [0, 0.1) is 17.0 Å². The fourth-order valence-corrected chi connectivity index (χ4v) is 6.49. The van der Waals surface area contributed by atoms with Crippen molar-refractivity contribution in [2.45, 2.75) is 78.9 Å². The van der Waals surface area contributed by atoms with Crippen molar-refractivity contribution >= 4 is 31.6 Å². The van der Waals surface area contributed by atoms with Gasteiger partial charge in [-0.05, 0) is 53.5 Å². The molecule has 1 amide bonds. The largest absolute Gasteiger partial charge is 0.510 e. The molecule has 0 spiro atoms. The first-order valence-corrected chi connectivity index (χ1v) is 18.5. The number of nitrogens with zero attached hydrogens (tertiary/aromatic N) is 1. The smallest absolute Gasteiger partial charge is 0.503 e. The van der Waals surface area contributed by atoms with Gasteiger partial charge in [0.15, 0.2) is 11.5 Å². The van der Waals surface area contributed by atoms with E-state index in [1.165, 1.54) is 11.7 Å². The van der Waals surface area contributed by atoms with E-state index >= 15 is 0 Å². The van der Waals surface area contributed by atoms with E-state index in [0.717, 1.165) is 18.3 Å². The molecule has 3 rings (SSSR count). The topological polar surface area (TPSA) is 213 Å². The molecule has 20 heteroatoms. The predicted molar refractivity (Wildman–Crippen MR) is 183 cm³/mol. The molecule has 1 aromatic carbocycles. The highest BCUT2D eigenvalue weighted by atomic mass is 31.2. The van der Waals surface area contributed by atoms with Gasteiger partial charge in [-0.2, -0.15) is 0 Å². The standard InChI is InChI=1S/C34H45F2N2O15P/c1-20(2)52-32(43)48-18-50-54(45,51-19-49-33(44)53-21(3)4)13-7-11-47-12-10-34(5)26(46-6)17-38-16-24(28(39)29(40)27(38)30(34)41)31(42)37-15-22-8-9-23(35)14-25(22)36/h8-9,14,16,20-21,26,40H,7,10-13,15,17-19H2,1-6H3,(H,37,42). The van der Waals surface area contributed by atoms with Gasteiger partial charge in [0.2, 0.25) is 19.0 Å². The number of ketones is 1. The Morgan fingerprint density at radius 3 is 2.19 bits per heavy atom. The van der Waals surface area contributed by atoms with E-state index in [-0.39, 0.29) is 56.6 Å². The number of amides is 1. The lowest BCUT2D eigenvalue weighted by Gasteiger charge is -2.40. The van der Waals surface area contributed by atoms with Gasteiger partial charge in [0.05, 0.1) is 36.4 Å². The first kappa shape index (κ1) is 44.0. The molecule has 2 unspecified atom stereocenters. The number of nitrogens with one attached hydrogen (secondary N) is 1. The van der Waals surface area contributed by atoms with Crippen LogP contribution in [0.4, 0.5) is 18.4 Å². The molecule has 1 aromatic heterocycles. The number of aromatic nitrogens is 1. The van der Waals surface area contributed by atoms with Gasteiger partial charge in [-0.1, -0.05) is 6.07 Å². The van der Waals surface area contributed by atoms with E-state index < -0.39 is 97.3 Å². The van der Waals surface area contributed by atoms with Crippen molar-refractivity contribution in [3.05, 3.63) is 63.1 Å². The fourth-order valence-electron chi connectivity index (χ4n) is 5.21. The molecule has 0 radical (unpaired) electrons. The maximum absolute atomic E-state index is 14.0. The zero-order chi connectivity index (χ0) is 40.2. The second-order valence-electron chi connectivity index (χ2n) is 12.8. The molecule has 2 atom stereocenters. The summed E-state index contributed by atoms with van der Waals surface area (Å²) in [5.41, 5.74) is -3.33. The number of rotatable bonds is 19. The van der Waals surface area contributed by atoms with Gasteiger partial charge >= 0.3 is 19.9 Å². The Morgan fingerprint density at radius 2 is 1.63 bits per heavy atom. The summed E-state index contributed by atoms with van der Waals surface area (Å²) < 4.78 is 82.7. The summed E-state index contributed by atoms with van der Waals surface area (Å²) in [6.07, 6.45) is -2.95. The number of carbonyl (C=O) groups excluding carboxylic acids is 4. The lowest BCUT2D eigenvalue weighted by Crippen LogP contribution is -2.50. The number of hydrogen-bond donors (Lipinski definition) is 2. The molecule has 0 bridgehead atoms. The third kappa shape index (κ3) is 12.0. The number of aromatic hydroxyl groups is 1. The van der Waals surface area contributed by atoms with Gasteiger partial charge in [0, 0.05) is 44.7 Å². The molecule has 300 valence electrons. The lowest BCUT2D eigenvalue weighted by molar-refractivity contribution is -0.0311. The summed E-state index contributed by atoms with van der Waals surface area (Å²) in [5, 5.41) is 13.2. The monoisotopic (exact) mass is 790 g/mol. The zero-order valence-electron chi connectivity index (χ0n) is 30.7. The van der Waals surface area contributed by atoms with E-state index in [4.69, 9.17) is 37.5 Å². The molecule has 2 aromatic rings. The Labute approximate surface area is 309 Å². The van der Waals surface area contributed by atoms with Crippen molar-refractivity contribution in [1.82, 2.24) is 9.88 Å². The molecule has 2 N–H and O–H groups in total. The molecule has 17 nitrogen and oxygen atoms in total. The fraction of sp³-hybridized carbons (Fsp3) is 0.559. The van der Waals surface area contributed by atoms with Crippen molar-refractivity contribution in [2.24, 2.45) is 5.41 Å². The molecule has 0 saturated carbocycles. The lowest BCUT2D eigenvalue weighted by atomic mass is 9.73. The molecular formula is C34H45F2N2O15P. The Hall–Kier alpha value is -4.42. The first-order valence-electron chi connectivity index (χ1n) is 16.8. The third-order valence-corrected chi connectivity index (χ3v) is 9.91. The maximum atomic E-state index is 14.0. The predicted octanol–water partition coefficient (Wildman–Crippen LogP) is 5.04. The number of pyridine rings is 1. The third-order valence-electron chi connectivity index (χ3n) is 8.05. The number of Topliss-reactive ketones (excluding diaryl/α,β-unsaturated/α-hetero) is 1. The van der Waals surface area contributed by atoms with Crippen molar-refractivity contribution in [3.8, 4) is 5.75 Å². The normalized spacial score (nSPS) is 16.9. The van der Waals surface area contributed by atoms with Crippen LogP contribution in [0.1, 0.15) is 73.9 Å². The zero-order valence-corrected chi connectivity index (χ0v) is 31.6. The number of carbonyl (C=O) groups is 4. The highest BCUT2D eigenvalue weighted by Gasteiger charge is 2.48. The second-order valence-corrected chi connectivity index (χ2v) is 15.0. The highest BCUT2D eigenvalue weighted by molar-refractivity contribution is 7.53. The van der Waals surface area contributed by atoms with Crippen LogP contribution in [0.25, 0.3) is 0 Å². The summed E-state index contributed by atoms with van der Waals surface area (Å²) in [5.74, 6) is -4.28. The minimum absolute atomic E-state index is 0.0211. The van der Waals surface area contributed by atoms with Crippen molar-refractivity contribution in [3.63, 3.8) is 0 Å². The quantitative estimate of drug-likeness (QED) is 0.0826. The SMILES string of the molecule is COC1Cn2cc(C(=O)NCc3ccc(F)cc3F)c(=O)c(O)c2C(=O)C1(C)CCOCCCP(=O)(OCOC(=O)OC(C)C)OCOC(=O)OC(C)C. The van der Waals surface area contributed by atoms with E-state index in [1.807, 2.05) is 0 Å². The van der Waals surface area contributed by atoms with Crippen molar-refractivity contribution in [2.75, 3.05) is 40.1 Å². The highest BCUT2D eigenvalue weighted by Crippen LogP contribution is 2.48. The Morgan fingerprint density at radius 1 is 1.02 bits per heavy atom. The van der Waals surface area contributed by atoms with Crippen LogP contribution >= 0.6 is 7.60 Å². The summed E-state index contributed by atoms with van der Waals surface area (Å²) in [4.78, 5) is 63.1. The van der Waals surface area contributed by atoms with Crippen molar-refractivity contribution < 1.29 is 75.1 Å². The Kier molecular flexibility index (Phi) is 16.1. The van der Waals surface area contributed by atoms with Crippen LogP contribution < -0.4 is 10.7 Å². The first-order chi connectivity index (χ1) is 25.4. The number of methoxy groups -OCH3 is 1. The molecule has 1 aliphatic rings. The average Bonchev–Trinajstić information content (AvgIpc) is 3.08. The van der Waals surface area contributed by atoms with Crippen LogP contribution in [-0.4, -0.2) is 92.1 Å². The summed E-state index contributed by atoms with van der Waals surface area (Å²) >= 11 is 0. The van der Waals surface area contributed by atoms with E-state index in [1.54, 1.807) is 34.6 Å². The summed E-state index contributed by atoms with van der Waals surface area (Å²) in [6, 6.07) is 2.79. The second kappa shape index (κ2) is 19.8. The number of benzene rings is 1. The Balaban J connectivity index is 1.62. The maximum Gasteiger partial charge on any atom is 0.510 e. The molecule has 54 heavy (non-hydrogen) atoms. The van der Waals surface area contributed by atoms with E-state index in [2.05, 4.69) is 5.32 Å².